The van der Waals surface area contributed by atoms with Gasteiger partial charge < -0.3 is 9.47 Å². The summed E-state index contributed by atoms with van der Waals surface area (Å²) in [5.41, 5.74) is 2.24. The zero-order valence-electron chi connectivity index (χ0n) is 22.7. The van der Waals surface area contributed by atoms with Gasteiger partial charge in [0.25, 0.3) is 0 Å². The highest BCUT2D eigenvalue weighted by Crippen LogP contribution is 2.38. The molecule has 4 nitrogen and oxygen atoms in total. The molecular formula is C32H37N2O2P. The van der Waals surface area contributed by atoms with Crippen LogP contribution in [0, 0.1) is 10.8 Å². The summed E-state index contributed by atoms with van der Waals surface area (Å²) in [4.78, 5) is 10.1. The average molecular weight is 513 g/mol. The van der Waals surface area contributed by atoms with Crippen LogP contribution < -0.4 is 15.9 Å². The average Bonchev–Trinajstić information content (AvgIpc) is 3.56. The summed E-state index contributed by atoms with van der Waals surface area (Å²) in [7, 11) is -0.926. The predicted octanol–water partition coefficient (Wildman–Crippen LogP) is 5.83. The number of nitrogens with zero attached hydrogens (tertiary/aromatic N) is 2. The van der Waals surface area contributed by atoms with Gasteiger partial charge in [0, 0.05) is 11.1 Å². The van der Waals surface area contributed by atoms with Crippen molar-refractivity contribution in [1.29, 1.82) is 0 Å². The summed E-state index contributed by atoms with van der Waals surface area (Å²) in [5.74, 6) is 1.50. The van der Waals surface area contributed by atoms with E-state index in [9.17, 15) is 0 Å². The minimum absolute atomic E-state index is 0.0506. The molecule has 5 heteroatoms. The standard InChI is InChI=1S/C32H37N2O2P/c1-31(2,3)27-20-35-29(33-27)23-16-10-12-18-25(23)37(22-14-8-7-9-15-22)26-19-13-11-17-24(26)30-34-28(21-36-30)32(4,5)6/h7-19,27-28H,20-21H2,1-6H3/t27-,28-/m1/s1. The Kier molecular flexibility index (Phi) is 6.98. The maximum absolute atomic E-state index is 6.23. The van der Waals surface area contributed by atoms with Gasteiger partial charge >= 0.3 is 0 Å². The zero-order valence-corrected chi connectivity index (χ0v) is 23.6. The molecule has 0 N–H and O–H groups in total. The van der Waals surface area contributed by atoms with Gasteiger partial charge in [-0.2, -0.15) is 0 Å². The fourth-order valence-electron chi connectivity index (χ4n) is 4.61. The van der Waals surface area contributed by atoms with E-state index < -0.39 is 7.92 Å². The smallest absolute Gasteiger partial charge is 0.217 e. The van der Waals surface area contributed by atoms with Crippen molar-refractivity contribution in [3.63, 3.8) is 0 Å². The monoisotopic (exact) mass is 512 g/mol. The molecule has 0 unspecified atom stereocenters. The Labute approximate surface area is 222 Å². The molecule has 0 bridgehead atoms. The topological polar surface area (TPSA) is 43.2 Å². The summed E-state index contributed by atoms with van der Waals surface area (Å²) in [6, 6.07) is 28.2. The molecule has 0 radical (unpaired) electrons. The summed E-state index contributed by atoms with van der Waals surface area (Å²) < 4.78 is 12.5. The Morgan fingerprint density at radius 2 is 1.00 bits per heavy atom. The molecule has 0 aliphatic carbocycles. The number of aliphatic imine (C=N–C) groups is 2. The van der Waals surface area contributed by atoms with Crippen LogP contribution >= 0.6 is 7.92 Å². The molecule has 37 heavy (non-hydrogen) atoms. The van der Waals surface area contributed by atoms with Crippen LogP contribution in [0.3, 0.4) is 0 Å². The van der Waals surface area contributed by atoms with Gasteiger partial charge in [-0.05, 0) is 46.8 Å². The molecule has 2 atom stereocenters. The fourth-order valence-corrected chi connectivity index (χ4v) is 7.19. The van der Waals surface area contributed by atoms with Gasteiger partial charge in [0.2, 0.25) is 11.8 Å². The molecule has 192 valence electrons. The third-order valence-electron chi connectivity index (χ3n) is 7.07. The van der Waals surface area contributed by atoms with E-state index in [0.717, 1.165) is 22.9 Å². The Balaban J connectivity index is 1.66. The number of benzene rings is 3. The maximum atomic E-state index is 6.23. The SMILES string of the molecule is CC(C)(C)[C@H]1COC(c2ccccc2P(c2ccccc2)c2ccccc2C2=N[C@@H](C(C)(C)C)CO2)=N1. The third kappa shape index (κ3) is 5.36. The van der Waals surface area contributed by atoms with Crippen molar-refractivity contribution in [3.8, 4) is 0 Å². The van der Waals surface area contributed by atoms with Crippen LogP contribution in [0.15, 0.2) is 88.8 Å². The molecule has 0 saturated carbocycles. The van der Waals surface area contributed by atoms with Gasteiger partial charge in [0.05, 0.1) is 12.1 Å². The summed E-state index contributed by atoms with van der Waals surface area (Å²) in [6.07, 6.45) is 0. The van der Waals surface area contributed by atoms with Gasteiger partial charge in [-0.25, -0.2) is 9.98 Å². The largest absolute Gasteiger partial charge is 0.475 e. The molecule has 2 aliphatic rings. The van der Waals surface area contributed by atoms with E-state index in [0.29, 0.717) is 13.2 Å². The zero-order chi connectivity index (χ0) is 26.2. The van der Waals surface area contributed by atoms with Gasteiger partial charge in [-0.15, -0.1) is 0 Å². The van der Waals surface area contributed by atoms with Crippen molar-refractivity contribution in [2.24, 2.45) is 20.8 Å². The van der Waals surface area contributed by atoms with E-state index in [2.05, 4.69) is 120 Å². The van der Waals surface area contributed by atoms with Crippen LogP contribution in [-0.4, -0.2) is 37.1 Å². The first kappa shape index (κ1) is 25.7. The lowest BCUT2D eigenvalue weighted by Crippen LogP contribution is -2.28. The van der Waals surface area contributed by atoms with E-state index in [4.69, 9.17) is 19.5 Å². The number of ether oxygens (including phenoxy) is 2. The van der Waals surface area contributed by atoms with E-state index in [-0.39, 0.29) is 22.9 Å². The Hall–Kier alpha value is -2.97. The first-order valence-corrected chi connectivity index (χ1v) is 14.4. The second kappa shape index (κ2) is 10.1. The lowest BCUT2D eigenvalue weighted by molar-refractivity contribution is 0.235. The molecule has 2 aliphatic heterocycles. The van der Waals surface area contributed by atoms with Gasteiger partial charge in [-0.3, -0.25) is 0 Å². The summed E-state index contributed by atoms with van der Waals surface area (Å²) >= 11 is 0. The lowest BCUT2D eigenvalue weighted by Gasteiger charge is -2.24. The third-order valence-corrected chi connectivity index (χ3v) is 9.62. The van der Waals surface area contributed by atoms with Crippen LogP contribution in [0.25, 0.3) is 0 Å². The van der Waals surface area contributed by atoms with Gasteiger partial charge in [0.15, 0.2) is 0 Å². The van der Waals surface area contributed by atoms with Gasteiger partial charge in [-0.1, -0.05) is 108 Å². The van der Waals surface area contributed by atoms with Crippen LogP contribution in [0.1, 0.15) is 52.7 Å². The first-order chi connectivity index (χ1) is 17.6. The fraction of sp³-hybridized carbons (Fsp3) is 0.375. The molecule has 0 spiro atoms. The molecule has 0 fully saturated rings. The first-order valence-electron chi connectivity index (χ1n) is 13.1. The lowest BCUT2D eigenvalue weighted by atomic mass is 9.88. The number of rotatable bonds is 5. The molecule has 0 saturated heterocycles. The van der Waals surface area contributed by atoms with Crippen molar-refractivity contribution >= 4 is 35.6 Å². The Morgan fingerprint density at radius 1 is 0.595 bits per heavy atom. The van der Waals surface area contributed by atoms with E-state index in [1.54, 1.807) is 0 Å². The number of hydrogen-bond donors (Lipinski definition) is 0. The van der Waals surface area contributed by atoms with Gasteiger partial charge in [0.1, 0.15) is 13.2 Å². The molecule has 2 heterocycles. The van der Waals surface area contributed by atoms with Crippen LogP contribution in [0.4, 0.5) is 0 Å². The molecular weight excluding hydrogens is 475 g/mol. The molecule has 3 aromatic carbocycles. The molecule has 0 amide bonds. The normalized spacial score (nSPS) is 19.9. The van der Waals surface area contributed by atoms with Crippen molar-refractivity contribution in [1.82, 2.24) is 0 Å². The molecule has 3 aromatic rings. The number of hydrogen-bond acceptors (Lipinski definition) is 4. The minimum Gasteiger partial charge on any atom is -0.475 e. The van der Waals surface area contributed by atoms with Crippen molar-refractivity contribution in [2.75, 3.05) is 13.2 Å². The second-order valence-corrected chi connectivity index (χ2v) is 14.1. The van der Waals surface area contributed by atoms with Crippen molar-refractivity contribution in [3.05, 3.63) is 90.0 Å². The molecule has 0 aromatic heterocycles. The van der Waals surface area contributed by atoms with E-state index >= 15 is 0 Å². The predicted molar refractivity (Wildman–Crippen MR) is 157 cm³/mol. The quantitative estimate of drug-likeness (QED) is 0.404. The Bertz CT molecular complexity index is 1230. The highest BCUT2D eigenvalue weighted by atomic mass is 31.1. The molecule has 5 rings (SSSR count). The van der Waals surface area contributed by atoms with Crippen LogP contribution in [-0.2, 0) is 9.47 Å². The second-order valence-electron chi connectivity index (χ2n) is 12.0. The van der Waals surface area contributed by atoms with Crippen molar-refractivity contribution in [2.45, 2.75) is 53.6 Å². The van der Waals surface area contributed by atoms with E-state index in [1.165, 1.54) is 15.9 Å². The van der Waals surface area contributed by atoms with Crippen molar-refractivity contribution < 1.29 is 9.47 Å². The maximum Gasteiger partial charge on any atom is 0.217 e. The minimum atomic E-state index is -0.926. The highest BCUT2D eigenvalue weighted by molar-refractivity contribution is 7.80. The van der Waals surface area contributed by atoms with Crippen LogP contribution in [0.2, 0.25) is 0 Å². The van der Waals surface area contributed by atoms with E-state index in [1.807, 2.05) is 0 Å². The Morgan fingerprint density at radius 3 is 1.41 bits per heavy atom. The highest BCUT2D eigenvalue weighted by Gasteiger charge is 2.35. The van der Waals surface area contributed by atoms with Crippen LogP contribution in [0.5, 0.6) is 0 Å². The summed E-state index contributed by atoms with van der Waals surface area (Å²) in [5, 5.41) is 3.74. The summed E-state index contributed by atoms with van der Waals surface area (Å²) in [6.45, 7) is 14.6.